The molecule has 0 radical (unpaired) electrons. The first-order valence-corrected chi connectivity index (χ1v) is 6.22. The van der Waals surface area contributed by atoms with Crippen molar-refractivity contribution in [2.75, 3.05) is 7.05 Å². The Morgan fingerprint density at radius 1 is 1.15 bits per heavy atom. The minimum atomic E-state index is -4.37. The van der Waals surface area contributed by atoms with E-state index in [1.807, 2.05) is 6.92 Å². The summed E-state index contributed by atoms with van der Waals surface area (Å²) in [4.78, 5) is 4.05. The van der Waals surface area contributed by atoms with Crippen LogP contribution in [0.5, 0.6) is 0 Å². The van der Waals surface area contributed by atoms with E-state index in [-0.39, 0.29) is 11.6 Å². The fourth-order valence-electron chi connectivity index (χ4n) is 1.99. The van der Waals surface area contributed by atoms with Crippen molar-refractivity contribution < 1.29 is 13.2 Å². The summed E-state index contributed by atoms with van der Waals surface area (Å²) in [6, 6.07) is 7.30. The molecule has 1 unspecified atom stereocenters. The van der Waals surface area contributed by atoms with Gasteiger partial charge in [-0.05, 0) is 37.2 Å². The number of alkyl halides is 3. The van der Waals surface area contributed by atoms with Crippen LogP contribution in [-0.4, -0.2) is 12.0 Å². The highest BCUT2D eigenvalue weighted by Crippen LogP contribution is 2.37. The van der Waals surface area contributed by atoms with Crippen LogP contribution < -0.4 is 5.32 Å². The number of nitrogens with zero attached hydrogens (tertiary/aromatic N) is 1. The molecule has 1 aromatic heterocycles. The molecule has 0 spiro atoms. The maximum atomic E-state index is 13.0. The lowest BCUT2D eigenvalue weighted by atomic mass is 9.98. The Morgan fingerprint density at radius 3 is 2.50 bits per heavy atom. The van der Waals surface area contributed by atoms with Crippen LogP contribution in [0.3, 0.4) is 0 Å². The van der Waals surface area contributed by atoms with Gasteiger partial charge in [0, 0.05) is 24.0 Å². The van der Waals surface area contributed by atoms with Gasteiger partial charge >= 0.3 is 6.18 Å². The zero-order valence-electron chi connectivity index (χ0n) is 11.2. The van der Waals surface area contributed by atoms with Crippen LogP contribution >= 0.6 is 0 Å². The van der Waals surface area contributed by atoms with E-state index >= 15 is 0 Å². The number of halogens is 3. The largest absolute Gasteiger partial charge is 0.417 e. The molecule has 0 aliphatic rings. The van der Waals surface area contributed by atoms with Crippen LogP contribution in [0.25, 0.3) is 11.1 Å². The van der Waals surface area contributed by atoms with Crippen molar-refractivity contribution in [3.05, 3.63) is 53.9 Å². The predicted octanol–water partition coefficient (Wildman–Crippen LogP) is 4.05. The molecular weight excluding hydrogens is 265 g/mol. The van der Waals surface area contributed by atoms with Gasteiger partial charge in [0.2, 0.25) is 0 Å². The highest BCUT2D eigenvalue weighted by atomic mass is 19.4. The van der Waals surface area contributed by atoms with E-state index in [1.165, 1.54) is 18.3 Å². The molecule has 5 heteroatoms. The maximum absolute atomic E-state index is 13.0. The number of hydrogen-bond donors (Lipinski definition) is 1. The second-order valence-corrected chi connectivity index (χ2v) is 4.56. The molecule has 1 aromatic carbocycles. The molecule has 106 valence electrons. The molecular formula is C15H15F3N2. The molecule has 2 aromatic rings. The van der Waals surface area contributed by atoms with Gasteiger partial charge in [0.05, 0.1) is 5.56 Å². The van der Waals surface area contributed by atoms with Gasteiger partial charge in [-0.15, -0.1) is 0 Å². The second kappa shape index (κ2) is 5.63. The third-order valence-corrected chi connectivity index (χ3v) is 3.24. The molecule has 2 nitrogen and oxygen atoms in total. The summed E-state index contributed by atoms with van der Waals surface area (Å²) in [7, 11) is 1.79. The monoisotopic (exact) mass is 280 g/mol. The summed E-state index contributed by atoms with van der Waals surface area (Å²) >= 11 is 0. The SMILES string of the molecule is CNC(C)c1cncc(-c2ccccc2C(F)(F)F)c1. The zero-order chi connectivity index (χ0) is 14.8. The van der Waals surface area contributed by atoms with E-state index in [2.05, 4.69) is 10.3 Å². The molecule has 0 saturated heterocycles. The van der Waals surface area contributed by atoms with Crippen LogP contribution in [0.1, 0.15) is 24.1 Å². The van der Waals surface area contributed by atoms with Crippen LogP contribution in [0.15, 0.2) is 42.7 Å². The molecule has 0 bridgehead atoms. The number of hydrogen-bond acceptors (Lipinski definition) is 2. The minimum absolute atomic E-state index is 0.0282. The van der Waals surface area contributed by atoms with Gasteiger partial charge in [-0.3, -0.25) is 4.98 Å². The molecule has 1 N–H and O–H groups in total. The standard InChI is InChI=1S/C15H15F3N2/c1-10(19-2)11-7-12(9-20-8-11)13-5-3-4-6-14(13)15(16,17)18/h3-10,19H,1-2H3. The Bertz CT molecular complexity index is 594. The molecule has 20 heavy (non-hydrogen) atoms. The molecule has 0 fully saturated rings. The van der Waals surface area contributed by atoms with Crippen LogP contribution in [0.4, 0.5) is 13.2 Å². The number of nitrogens with one attached hydrogen (secondary N) is 1. The summed E-state index contributed by atoms with van der Waals surface area (Å²) in [6.45, 7) is 1.93. The first-order valence-electron chi connectivity index (χ1n) is 6.22. The molecule has 0 aliphatic carbocycles. The quantitative estimate of drug-likeness (QED) is 0.917. The van der Waals surface area contributed by atoms with E-state index in [4.69, 9.17) is 0 Å². The van der Waals surface area contributed by atoms with E-state index < -0.39 is 11.7 Å². The van der Waals surface area contributed by atoms with Gasteiger partial charge in [-0.25, -0.2) is 0 Å². The molecule has 0 aliphatic heterocycles. The average molecular weight is 280 g/mol. The van der Waals surface area contributed by atoms with Gasteiger partial charge in [0.25, 0.3) is 0 Å². The third-order valence-electron chi connectivity index (χ3n) is 3.24. The molecule has 2 rings (SSSR count). The summed E-state index contributed by atoms with van der Waals surface area (Å²) in [5.74, 6) is 0. The van der Waals surface area contributed by atoms with Crippen LogP contribution in [0.2, 0.25) is 0 Å². The van der Waals surface area contributed by atoms with Gasteiger partial charge in [-0.2, -0.15) is 13.2 Å². The van der Waals surface area contributed by atoms with Crippen molar-refractivity contribution >= 4 is 0 Å². The Morgan fingerprint density at radius 2 is 1.85 bits per heavy atom. The van der Waals surface area contributed by atoms with E-state index in [9.17, 15) is 13.2 Å². The highest BCUT2D eigenvalue weighted by molar-refractivity contribution is 5.67. The van der Waals surface area contributed by atoms with Gasteiger partial charge in [0.15, 0.2) is 0 Å². The van der Waals surface area contributed by atoms with E-state index in [0.717, 1.165) is 11.6 Å². The topological polar surface area (TPSA) is 24.9 Å². The Kier molecular flexibility index (Phi) is 4.09. The third kappa shape index (κ3) is 2.99. The van der Waals surface area contributed by atoms with Crippen molar-refractivity contribution in [1.29, 1.82) is 0 Å². The lowest BCUT2D eigenvalue weighted by Crippen LogP contribution is -2.12. The van der Waals surface area contributed by atoms with Crippen molar-refractivity contribution in [3.8, 4) is 11.1 Å². The molecule has 1 atom stereocenters. The molecule has 1 heterocycles. The Hall–Kier alpha value is -1.88. The Balaban J connectivity index is 2.52. The second-order valence-electron chi connectivity index (χ2n) is 4.56. The van der Waals surface area contributed by atoms with Gasteiger partial charge in [-0.1, -0.05) is 18.2 Å². The van der Waals surface area contributed by atoms with Crippen LogP contribution in [0, 0.1) is 0 Å². The van der Waals surface area contributed by atoms with Crippen molar-refractivity contribution in [1.82, 2.24) is 10.3 Å². The first kappa shape index (κ1) is 14.5. The normalized spacial score (nSPS) is 13.2. The summed E-state index contributed by atoms with van der Waals surface area (Å²) in [5, 5.41) is 3.04. The summed E-state index contributed by atoms with van der Waals surface area (Å²) in [6.07, 6.45) is -1.27. The van der Waals surface area contributed by atoms with Gasteiger partial charge in [0.1, 0.15) is 0 Å². The lowest BCUT2D eigenvalue weighted by molar-refractivity contribution is -0.137. The molecule has 0 amide bonds. The van der Waals surface area contributed by atoms with Crippen molar-refractivity contribution in [2.45, 2.75) is 19.1 Å². The van der Waals surface area contributed by atoms with Gasteiger partial charge < -0.3 is 5.32 Å². The first-order chi connectivity index (χ1) is 9.43. The number of pyridine rings is 1. The van der Waals surface area contributed by atoms with E-state index in [1.54, 1.807) is 25.4 Å². The summed E-state index contributed by atoms with van der Waals surface area (Å²) in [5.41, 5.74) is 0.827. The van der Waals surface area contributed by atoms with Crippen molar-refractivity contribution in [2.24, 2.45) is 0 Å². The summed E-state index contributed by atoms with van der Waals surface area (Å²) < 4.78 is 39.1. The van der Waals surface area contributed by atoms with E-state index in [0.29, 0.717) is 5.56 Å². The van der Waals surface area contributed by atoms with Crippen LogP contribution in [-0.2, 0) is 6.18 Å². The molecule has 0 saturated carbocycles. The number of aromatic nitrogens is 1. The highest BCUT2D eigenvalue weighted by Gasteiger charge is 2.33. The zero-order valence-corrected chi connectivity index (χ0v) is 11.2. The fourth-order valence-corrected chi connectivity index (χ4v) is 1.99. The predicted molar refractivity (Wildman–Crippen MR) is 72.1 cm³/mol. The fraction of sp³-hybridized carbons (Fsp3) is 0.267. The Labute approximate surface area is 115 Å². The average Bonchev–Trinajstić information content (AvgIpc) is 2.45. The van der Waals surface area contributed by atoms with Crippen molar-refractivity contribution in [3.63, 3.8) is 0 Å². The lowest BCUT2D eigenvalue weighted by Gasteiger charge is -2.15. The minimum Gasteiger partial charge on any atom is -0.313 e. The smallest absolute Gasteiger partial charge is 0.313 e. The number of rotatable bonds is 3. The number of benzene rings is 1. The maximum Gasteiger partial charge on any atom is 0.417 e.